The number of hydrogen-bond acceptors (Lipinski definition) is 3. The molecule has 0 aromatic heterocycles. The molecule has 3 rings (SSSR count). The quantitative estimate of drug-likeness (QED) is 0.753. The van der Waals surface area contributed by atoms with Crippen molar-refractivity contribution in [1.29, 1.82) is 0 Å². The first-order valence-corrected chi connectivity index (χ1v) is 5.99. The van der Waals surface area contributed by atoms with Crippen LogP contribution in [0.5, 0.6) is 0 Å². The van der Waals surface area contributed by atoms with Crippen LogP contribution in [0.4, 0.5) is 4.39 Å². The number of imide groups is 1. The summed E-state index contributed by atoms with van der Waals surface area (Å²) in [6.07, 6.45) is 0.526. The standard InChI is InChI=1S/C13H11FN2O3/c14-8-1-2-9-7(5-8)6-16(13(9)19)10-3-4-11(17)15-12(10)18/h1-2,5,10H,3-4,6H2,(H,15,17,18)/t10-/m0/s1. The molecular weight excluding hydrogens is 251 g/mol. The SMILES string of the molecule is O=C1CC[C@H](N2Cc3cc(F)ccc3C2=O)C(=O)N1. The van der Waals surface area contributed by atoms with Crippen molar-refractivity contribution in [3.63, 3.8) is 0 Å². The molecule has 0 radical (unpaired) electrons. The average Bonchev–Trinajstić information content (AvgIpc) is 2.66. The molecule has 98 valence electrons. The molecule has 0 aliphatic carbocycles. The molecule has 2 heterocycles. The minimum atomic E-state index is -0.652. The second-order valence-electron chi connectivity index (χ2n) is 4.70. The fourth-order valence-corrected chi connectivity index (χ4v) is 2.54. The molecule has 6 heteroatoms. The molecule has 1 aromatic rings. The summed E-state index contributed by atoms with van der Waals surface area (Å²) in [7, 11) is 0. The van der Waals surface area contributed by atoms with Gasteiger partial charge in [0.05, 0.1) is 0 Å². The van der Waals surface area contributed by atoms with Crippen LogP contribution in [0.15, 0.2) is 18.2 Å². The maximum atomic E-state index is 13.1. The highest BCUT2D eigenvalue weighted by Crippen LogP contribution is 2.27. The Hall–Kier alpha value is -2.24. The van der Waals surface area contributed by atoms with Crippen molar-refractivity contribution >= 4 is 17.7 Å². The third-order valence-electron chi connectivity index (χ3n) is 3.49. The minimum absolute atomic E-state index is 0.207. The minimum Gasteiger partial charge on any atom is -0.322 e. The molecule has 1 saturated heterocycles. The van der Waals surface area contributed by atoms with Gasteiger partial charge in [0.2, 0.25) is 11.8 Å². The molecule has 19 heavy (non-hydrogen) atoms. The molecule has 0 bridgehead atoms. The van der Waals surface area contributed by atoms with Gasteiger partial charge in [-0.15, -0.1) is 0 Å². The third-order valence-corrected chi connectivity index (χ3v) is 3.49. The van der Waals surface area contributed by atoms with E-state index in [4.69, 9.17) is 0 Å². The lowest BCUT2D eigenvalue weighted by atomic mass is 10.0. The monoisotopic (exact) mass is 262 g/mol. The van der Waals surface area contributed by atoms with E-state index in [0.717, 1.165) is 0 Å². The van der Waals surface area contributed by atoms with Gasteiger partial charge in [-0.3, -0.25) is 19.7 Å². The first kappa shape index (κ1) is 11.8. The van der Waals surface area contributed by atoms with E-state index in [1.165, 1.54) is 23.1 Å². The fraction of sp³-hybridized carbons (Fsp3) is 0.308. The summed E-state index contributed by atoms with van der Waals surface area (Å²) in [5.41, 5.74) is 1.00. The van der Waals surface area contributed by atoms with Gasteiger partial charge in [0, 0.05) is 18.5 Å². The Morgan fingerprint density at radius 2 is 2.05 bits per heavy atom. The van der Waals surface area contributed by atoms with E-state index in [2.05, 4.69) is 5.32 Å². The van der Waals surface area contributed by atoms with Crippen LogP contribution in [-0.2, 0) is 16.1 Å². The molecular formula is C13H11FN2O3. The first-order valence-electron chi connectivity index (χ1n) is 5.99. The van der Waals surface area contributed by atoms with Crippen LogP contribution in [0.2, 0.25) is 0 Å². The van der Waals surface area contributed by atoms with Crippen LogP contribution < -0.4 is 5.32 Å². The number of rotatable bonds is 1. The number of amides is 3. The van der Waals surface area contributed by atoms with Crippen molar-refractivity contribution in [2.75, 3.05) is 0 Å². The van der Waals surface area contributed by atoms with Crippen LogP contribution in [0.25, 0.3) is 0 Å². The maximum absolute atomic E-state index is 13.1. The molecule has 3 amide bonds. The van der Waals surface area contributed by atoms with Gasteiger partial charge < -0.3 is 4.90 Å². The third kappa shape index (κ3) is 1.89. The first-order chi connectivity index (χ1) is 9.06. The molecule has 2 aliphatic rings. The molecule has 1 atom stereocenters. The number of hydrogen-bond donors (Lipinski definition) is 1. The highest BCUT2D eigenvalue weighted by atomic mass is 19.1. The van der Waals surface area contributed by atoms with Gasteiger partial charge >= 0.3 is 0 Å². The Morgan fingerprint density at radius 1 is 1.26 bits per heavy atom. The van der Waals surface area contributed by atoms with Gasteiger partial charge in [0.15, 0.2) is 0 Å². The lowest BCUT2D eigenvalue weighted by molar-refractivity contribution is -0.136. The number of carbonyl (C=O) groups excluding carboxylic acids is 3. The summed E-state index contributed by atoms with van der Waals surface area (Å²) in [5.74, 6) is -1.48. The number of piperidine rings is 1. The van der Waals surface area contributed by atoms with Gasteiger partial charge in [0.1, 0.15) is 11.9 Å². The zero-order chi connectivity index (χ0) is 13.6. The van der Waals surface area contributed by atoms with Crippen LogP contribution in [0, 0.1) is 5.82 Å². The second-order valence-corrected chi connectivity index (χ2v) is 4.70. The molecule has 5 nitrogen and oxygen atoms in total. The van der Waals surface area contributed by atoms with E-state index in [-0.39, 0.29) is 24.8 Å². The van der Waals surface area contributed by atoms with Crippen molar-refractivity contribution in [2.45, 2.75) is 25.4 Å². The summed E-state index contributed by atoms with van der Waals surface area (Å²) < 4.78 is 13.1. The van der Waals surface area contributed by atoms with E-state index in [1.54, 1.807) is 0 Å². The van der Waals surface area contributed by atoms with Gasteiger partial charge in [0.25, 0.3) is 5.91 Å². The van der Waals surface area contributed by atoms with Crippen LogP contribution >= 0.6 is 0 Å². The lowest BCUT2D eigenvalue weighted by Gasteiger charge is -2.29. The van der Waals surface area contributed by atoms with Crippen LogP contribution in [0.3, 0.4) is 0 Å². The van der Waals surface area contributed by atoms with E-state index in [1.807, 2.05) is 0 Å². The largest absolute Gasteiger partial charge is 0.322 e. The molecule has 2 aliphatic heterocycles. The molecule has 0 saturated carbocycles. The second kappa shape index (κ2) is 4.15. The van der Waals surface area contributed by atoms with Crippen molar-refractivity contribution in [2.24, 2.45) is 0 Å². The van der Waals surface area contributed by atoms with E-state index in [0.29, 0.717) is 17.5 Å². The van der Waals surface area contributed by atoms with Gasteiger partial charge in [-0.1, -0.05) is 0 Å². The van der Waals surface area contributed by atoms with Crippen molar-refractivity contribution in [1.82, 2.24) is 10.2 Å². The zero-order valence-corrected chi connectivity index (χ0v) is 9.98. The lowest BCUT2D eigenvalue weighted by Crippen LogP contribution is -2.52. The van der Waals surface area contributed by atoms with Crippen molar-refractivity contribution < 1.29 is 18.8 Å². The van der Waals surface area contributed by atoms with Gasteiger partial charge in [-0.2, -0.15) is 0 Å². The predicted octanol–water partition coefficient (Wildman–Crippen LogP) is 0.587. The average molecular weight is 262 g/mol. The number of nitrogens with zero attached hydrogens (tertiary/aromatic N) is 1. The van der Waals surface area contributed by atoms with Gasteiger partial charge in [-0.05, 0) is 30.2 Å². The Labute approximate surface area is 108 Å². The Morgan fingerprint density at radius 3 is 2.79 bits per heavy atom. The smallest absolute Gasteiger partial charge is 0.255 e. The number of benzene rings is 1. The summed E-state index contributed by atoms with van der Waals surface area (Å²) >= 11 is 0. The van der Waals surface area contributed by atoms with Crippen LogP contribution in [-0.4, -0.2) is 28.7 Å². The highest BCUT2D eigenvalue weighted by molar-refractivity contribution is 6.05. The van der Waals surface area contributed by atoms with E-state index in [9.17, 15) is 18.8 Å². The highest BCUT2D eigenvalue weighted by Gasteiger charge is 2.38. The predicted molar refractivity (Wildman–Crippen MR) is 62.4 cm³/mol. The number of halogens is 1. The number of carbonyl (C=O) groups is 3. The molecule has 1 aromatic carbocycles. The Bertz CT molecular complexity index is 600. The molecule has 0 spiro atoms. The van der Waals surface area contributed by atoms with E-state index >= 15 is 0 Å². The van der Waals surface area contributed by atoms with E-state index < -0.39 is 17.8 Å². The van der Waals surface area contributed by atoms with Crippen molar-refractivity contribution in [3.05, 3.63) is 35.1 Å². The van der Waals surface area contributed by atoms with Gasteiger partial charge in [-0.25, -0.2) is 4.39 Å². The van der Waals surface area contributed by atoms with Crippen LogP contribution in [0.1, 0.15) is 28.8 Å². The summed E-state index contributed by atoms with van der Waals surface area (Å²) in [4.78, 5) is 36.4. The number of nitrogens with one attached hydrogen (secondary N) is 1. The topological polar surface area (TPSA) is 66.5 Å². The van der Waals surface area contributed by atoms with Crippen molar-refractivity contribution in [3.8, 4) is 0 Å². The molecule has 1 N–H and O–H groups in total. The zero-order valence-electron chi connectivity index (χ0n) is 9.98. The summed E-state index contributed by atoms with van der Waals surface area (Å²) in [5, 5.41) is 2.22. The number of fused-ring (bicyclic) bond motifs is 1. The normalized spacial score (nSPS) is 22.5. The summed E-state index contributed by atoms with van der Waals surface area (Å²) in [6.45, 7) is 0.207. The Balaban J connectivity index is 1.87. The molecule has 1 fully saturated rings. The maximum Gasteiger partial charge on any atom is 0.255 e. The molecule has 0 unspecified atom stereocenters. The summed E-state index contributed by atoms with van der Waals surface area (Å²) in [6, 6.07) is 3.31. The Kier molecular flexibility index (Phi) is 2.58. The fourth-order valence-electron chi connectivity index (χ4n) is 2.54.